The maximum absolute atomic E-state index is 3.68. The molecule has 0 saturated carbocycles. The molecule has 0 radical (unpaired) electrons. The van der Waals surface area contributed by atoms with Gasteiger partial charge in [-0.1, -0.05) is 54.1 Å². The monoisotopic (exact) mass is 303 g/mol. The van der Waals surface area contributed by atoms with Crippen molar-refractivity contribution in [3.8, 4) is 0 Å². The van der Waals surface area contributed by atoms with E-state index in [1.54, 1.807) is 0 Å². The number of benzene rings is 2. The fourth-order valence-electron chi connectivity index (χ4n) is 3.35. The average molecular weight is 303 g/mol. The van der Waals surface area contributed by atoms with Gasteiger partial charge < -0.3 is 5.32 Å². The second-order valence-electron chi connectivity index (χ2n) is 6.86. The molecule has 118 valence electrons. The first-order chi connectivity index (χ1) is 11.0. The van der Waals surface area contributed by atoms with Gasteiger partial charge in [0, 0.05) is 5.69 Å². The van der Waals surface area contributed by atoms with Crippen molar-refractivity contribution in [2.24, 2.45) is 0 Å². The predicted octanol–water partition coefficient (Wildman–Crippen LogP) is 6.16. The molecule has 0 aromatic heterocycles. The molecule has 2 aromatic carbocycles. The second kappa shape index (κ2) is 6.08. The summed E-state index contributed by atoms with van der Waals surface area (Å²) in [5, 5.41) is 3.68. The highest BCUT2D eigenvalue weighted by Gasteiger charge is 2.25. The summed E-state index contributed by atoms with van der Waals surface area (Å²) in [5.74, 6) is 0. The number of rotatable bonds is 4. The van der Waals surface area contributed by atoms with E-state index in [4.69, 9.17) is 0 Å². The maximum Gasteiger partial charge on any atom is 0.0575 e. The third kappa shape index (κ3) is 3.10. The van der Waals surface area contributed by atoms with E-state index in [1.807, 2.05) is 6.07 Å². The Bertz CT molecular complexity index is 764. The minimum Gasteiger partial charge on any atom is -0.376 e. The molecule has 0 spiro atoms. The molecular weight excluding hydrogens is 278 g/mol. The van der Waals surface area contributed by atoms with Crippen LogP contribution in [-0.4, -0.2) is 0 Å². The maximum atomic E-state index is 3.68. The molecule has 0 bridgehead atoms. The lowest BCUT2D eigenvalue weighted by molar-refractivity contribution is 0.607. The molecule has 0 fully saturated rings. The molecule has 0 heterocycles. The Hall–Kier alpha value is -2.28. The molecule has 3 rings (SSSR count). The van der Waals surface area contributed by atoms with E-state index in [9.17, 15) is 0 Å². The van der Waals surface area contributed by atoms with Gasteiger partial charge in [-0.2, -0.15) is 0 Å². The number of anilines is 1. The van der Waals surface area contributed by atoms with Crippen LogP contribution in [0.2, 0.25) is 0 Å². The predicted molar refractivity (Wildman–Crippen MR) is 101 cm³/mol. The molecule has 0 aliphatic heterocycles. The Balaban J connectivity index is 2.00. The van der Waals surface area contributed by atoms with Crippen LogP contribution in [0.1, 0.15) is 45.2 Å². The lowest BCUT2D eigenvalue weighted by Gasteiger charge is -2.31. The van der Waals surface area contributed by atoms with Crippen molar-refractivity contribution in [3.05, 3.63) is 82.9 Å². The Labute approximate surface area is 139 Å². The zero-order valence-corrected chi connectivity index (χ0v) is 14.5. The third-order valence-electron chi connectivity index (χ3n) is 4.81. The Morgan fingerprint density at radius 3 is 2.17 bits per heavy atom. The van der Waals surface area contributed by atoms with Gasteiger partial charge >= 0.3 is 0 Å². The quantitative estimate of drug-likeness (QED) is 0.713. The summed E-state index contributed by atoms with van der Waals surface area (Å²) < 4.78 is 0. The fraction of sp³-hybridized carbons (Fsp3) is 0.273. The molecule has 1 aliphatic carbocycles. The normalized spacial score (nSPS) is 14.9. The minimum atomic E-state index is -0.137. The number of hydrogen-bond acceptors (Lipinski definition) is 1. The Kier molecular flexibility index (Phi) is 4.12. The molecule has 2 aromatic rings. The molecule has 1 nitrogen and oxygen atoms in total. The smallest absolute Gasteiger partial charge is 0.0575 e. The lowest BCUT2D eigenvalue weighted by Crippen LogP contribution is -2.29. The summed E-state index contributed by atoms with van der Waals surface area (Å²) in [6.45, 7) is 8.95. The zero-order chi connectivity index (χ0) is 16.4. The van der Waals surface area contributed by atoms with E-state index in [2.05, 4.69) is 87.6 Å². The van der Waals surface area contributed by atoms with Crippen LogP contribution in [0.5, 0.6) is 0 Å². The van der Waals surface area contributed by atoms with E-state index in [-0.39, 0.29) is 5.54 Å². The van der Waals surface area contributed by atoms with Gasteiger partial charge in [-0.25, -0.2) is 0 Å². The molecule has 0 amide bonds. The highest BCUT2D eigenvalue weighted by Crippen LogP contribution is 2.38. The largest absolute Gasteiger partial charge is 0.376 e. The first kappa shape index (κ1) is 15.6. The van der Waals surface area contributed by atoms with Crippen molar-refractivity contribution < 1.29 is 0 Å². The molecule has 23 heavy (non-hydrogen) atoms. The molecule has 0 saturated heterocycles. The summed E-state index contributed by atoms with van der Waals surface area (Å²) in [7, 11) is 0. The van der Waals surface area contributed by atoms with E-state index in [0.29, 0.717) is 0 Å². The summed E-state index contributed by atoms with van der Waals surface area (Å²) in [6, 6.07) is 19.2. The van der Waals surface area contributed by atoms with E-state index in [0.717, 1.165) is 12.1 Å². The highest BCUT2D eigenvalue weighted by atomic mass is 15.0. The molecule has 1 N–H and O–H groups in total. The molecule has 1 heteroatoms. The van der Waals surface area contributed by atoms with Crippen LogP contribution in [0.25, 0.3) is 5.57 Å². The van der Waals surface area contributed by atoms with E-state index in [1.165, 1.54) is 27.8 Å². The number of hydrogen-bond donors (Lipinski definition) is 1. The van der Waals surface area contributed by atoms with Crippen LogP contribution in [0.4, 0.5) is 5.69 Å². The van der Waals surface area contributed by atoms with Gasteiger partial charge in [0.25, 0.3) is 0 Å². The van der Waals surface area contributed by atoms with Crippen molar-refractivity contribution in [1.82, 2.24) is 0 Å². The van der Waals surface area contributed by atoms with Crippen LogP contribution in [0.15, 0.2) is 71.8 Å². The zero-order valence-electron chi connectivity index (χ0n) is 14.5. The van der Waals surface area contributed by atoms with Crippen molar-refractivity contribution in [3.63, 3.8) is 0 Å². The van der Waals surface area contributed by atoms with Crippen molar-refractivity contribution in [2.45, 2.75) is 39.7 Å². The number of para-hydroxylation sites is 1. The van der Waals surface area contributed by atoms with Crippen LogP contribution >= 0.6 is 0 Å². The summed E-state index contributed by atoms with van der Waals surface area (Å²) >= 11 is 0. The lowest BCUT2D eigenvalue weighted by atomic mass is 9.85. The first-order valence-corrected chi connectivity index (χ1v) is 8.29. The van der Waals surface area contributed by atoms with Gasteiger partial charge in [0.15, 0.2) is 0 Å². The van der Waals surface area contributed by atoms with Crippen LogP contribution in [0, 0.1) is 0 Å². The van der Waals surface area contributed by atoms with Gasteiger partial charge in [-0.05, 0) is 68.5 Å². The molecule has 1 aliphatic rings. The third-order valence-corrected chi connectivity index (χ3v) is 4.81. The van der Waals surface area contributed by atoms with Gasteiger partial charge in [-0.3, -0.25) is 0 Å². The van der Waals surface area contributed by atoms with Gasteiger partial charge in [0.2, 0.25) is 0 Å². The van der Waals surface area contributed by atoms with Crippen molar-refractivity contribution >= 4 is 11.3 Å². The Morgan fingerprint density at radius 2 is 1.52 bits per heavy atom. The van der Waals surface area contributed by atoms with Crippen LogP contribution in [-0.2, 0) is 5.54 Å². The topological polar surface area (TPSA) is 12.0 Å². The fourth-order valence-corrected chi connectivity index (χ4v) is 3.35. The summed E-state index contributed by atoms with van der Waals surface area (Å²) in [4.78, 5) is 0. The van der Waals surface area contributed by atoms with Crippen molar-refractivity contribution in [1.29, 1.82) is 0 Å². The van der Waals surface area contributed by atoms with Gasteiger partial charge in [0.05, 0.1) is 5.54 Å². The molecule has 0 atom stereocenters. The van der Waals surface area contributed by atoms with Crippen LogP contribution in [0.3, 0.4) is 0 Å². The average Bonchev–Trinajstić information content (AvgIpc) is 2.87. The standard InChI is InChI=1S/C22H25N/c1-16-14-15-19(17(16)2)20-12-8-9-13-21(20)22(3,4)23-18-10-6-5-7-11-18/h5-14,23H,15H2,1-4H3. The molecule has 0 unspecified atom stereocenters. The number of nitrogens with one attached hydrogen (secondary N) is 1. The van der Waals surface area contributed by atoms with E-state index >= 15 is 0 Å². The minimum absolute atomic E-state index is 0.137. The van der Waals surface area contributed by atoms with E-state index < -0.39 is 0 Å². The van der Waals surface area contributed by atoms with Crippen LogP contribution < -0.4 is 5.32 Å². The SMILES string of the molecule is CC1=CCC(c2ccccc2C(C)(C)Nc2ccccc2)=C1C. The molecular formula is C22H25N. The second-order valence-corrected chi connectivity index (χ2v) is 6.86. The highest BCUT2D eigenvalue weighted by molar-refractivity contribution is 5.78. The Morgan fingerprint density at radius 1 is 0.870 bits per heavy atom. The van der Waals surface area contributed by atoms with Gasteiger partial charge in [0.1, 0.15) is 0 Å². The summed E-state index contributed by atoms with van der Waals surface area (Å²) in [6.07, 6.45) is 3.37. The van der Waals surface area contributed by atoms with Gasteiger partial charge in [-0.15, -0.1) is 0 Å². The first-order valence-electron chi connectivity index (χ1n) is 8.29. The summed E-state index contributed by atoms with van der Waals surface area (Å²) in [5.41, 5.74) is 8.02. The van der Waals surface area contributed by atoms with Crippen molar-refractivity contribution in [2.75, 3.05) is 5.32 Å². The number of allylic oxidation sites excluding steroid dienone is 4.